The molecule has 0 amide bonds. The fourth-order valence-corrected chi connectivity index (χ4v) is 1.27. The predicted molar refractivity (Wildman–Crippen MR) is 51.2 cm³/mol. The second kappa shape index (κ2) is 4.43. The molecule has 17 heavy (non-hydrogen) atoms. The van der Waals surface area contributed by atoms with Crippen LogP contribution in [0.2, 0.25) is 0 Å². The van der Waals surface area contributed by atoms with Crippen molar-refractivity contribution in [1.29, 1.82) is 0 Å². The summed E-state index contributed by atoms with van der Waals surface area (Å²) in [5, 5.41) is 0. The highest BCUT2D eigenvalue weighted by molar-refractivity contribution is 5.52. The minimum absolute atomic E-state index is 0.104. The lowest BCUT2D eigenvalue weighted by Gasteiger charge is -2.12. The van der Waals surface area contributed by atoms with E-state index in [1.54, 1.807) is 0 Å². The first kappa shape index (κ1) is 13.6. The van der Waals surface area contributed by atoms with Gasteiger partial charge in [0.25, 0.3) is 0 Å². The normalized spacial score (nSPS) is 13.4. The van der Waals surface area contributed by atoms with Gasteiger partial charge in [0, 0.05) is 0 Å². The van der Waals surface area contributed by atoms with Gasteiger partial charge in [-0.2, -0.15) is 26.3 Å². The summed E-state index contributed by atoms with van der Waals surface area (Å²) in [6.45, 7) is 1.51. The van der Waals surface area contributed by atoms with Crippen LogP contribution in [0.1, 0.15) is 23.6 Å². The Bertz CT molecular complexity index is 392. The summed E-state index contributed by atoms with van der Waals surface area (Å²) in [5.74, 6) is 0. The minimum Gasteiger partial charge on any atom is -0.166 e. The van der Waals surface area contributed by atoms with E-state index in [9.17, 15) is 26.3 Å². The highest BCUT2D eigenvalue weighted by Gasteiger charge is 2.36. The van der Waals surface area contributed by atoms with Gasteiger partial charge in [-0.3, -0.25) is 0 Å². The van der Waals surface area contributed by atoms with Gasteiger partial charge in [0.1, 0.15) is 0 Å². The summed E-state index contributed by atoms with van der Waals surface area (Å²) in [5.41, 5.74) is -2.74. The Labute approximate surface area is 93.6 Å². The van der Waals surface area contributed by atoms with E-state index in [0.717, 1.165) is 0 Å². The van der Waals surface area contributed by atoms with Crippen LogP contribution in [0.25, 0.3) is 6.08 Å². The van der Waals surface area contributed by atoms with Crippen molar-refractivity contribution in [2.45, 2.75) is 19.3 Å². The predicted octanol–water partition coefficient (Wildman–Crippen LogP) is 4.76. The first-order valence-corrected chi connectivity index (χ1v) is 4.57. The van der Waals surface area contributed by atoms with E-state index < -0.39 is 23.5 Å². The maximum atomic E-state index is 12.4. The Balaban J connectivity index is 3.39. The van der Waals surface area contributed by atoms with Crippen LogP contribution in [0, 0.1) is 0 Å². The molecule has 0 bridgehead atoms. The zero-order chi connectivity index (χ0) is 13.3. The molecule has 0 heterocycles. The van der Waals surface area contributed by atoms with Crippen molar-refractivity contribution < 1.29 is 26.3 Å². The van der Waals surface area contributed by atoms with Crippen molar-refractivity contribution in [3.05, 3.63) is 41.0 Å². The number of allylic oxidation sites excluding steroid dienone is 1. The van der Waals surface area contributed by atoms with Gasteiger partial charge in [0.15, 0.2) is 0 Å². The molecule has 0 aliphatic rings. The molecule has 0 saturated carbocycles. The van der Waals surface area contributed by atoms with Crippen molar-refractivity contribution in [2.75, 3.05) is 0 Å². The van der Waals surface area contributed by atoms with Crippen molar-refractivity contribution in [3.63, 3.8) is 0 Å². The first-order chi connectivity index (χ1) is 7.64. The summed E-state index contributed by atoms with van der Waals surface area (Å²) in [4.78, 5) is 0. The lowest BCUT2D eigenvalue weighted by atomic mass is 10.0. The van der Waals surface area contributed by atoms with Crippen molar-refractivity contribution in [1.82, 2.24) is 0 Å². The summed E-state index contributed by atoms with van der Waals surface area (Å²) in [6, 6.07) is 1.46. The maximum absolute atomic E-state index is 12.4. The summed E-state index contributed by atoms with van der Waals surface area (Å²) < 4.78 is 74.3. The van der Waals surface area contributed by atoms with Gasteiger partial charge in [-0.05, 0) is 30.7 Å². The molecule has 6 heteroatoms. The van der Waals surface area contributed by atoms with Gasteiger partial charge in [0.05, 0.1) is 11.1 Å². The SMILES string of the molecule is CC=Cc1cc(C(F)(F)F)cc(C(F)(F)F)c1. The van der Waals surface area contributed by atoms with Gasteiger partial charge in [0.2, 0.25) is 0 Å². The van der Waals surface area contributed by atoms with Crippen molar-refractivity contribution >= 4 is 6.08 Å². The third kappa shape index (κ3) is 3.51. The number of hydrogen-bond donors (Lipinski definition) is 0. The molecule has 0 N–H and O–H groups in total. The second-order valence-corrected chi connectivity index (χ2v) is 3.34. The number of hydrogen-bond acceptors (Lipinski definition) is 0. The minimum atomic E-state index is -4.79. The van der Waals surface area contributed by atoms with E-state index in [4.69, 9.17) is 0 Å². The summed E-state index contributed by atoms with van der Waals surface area (Å²) >= 11 is 0. The van der Waals surface area contributed by atoms with Gasteiger partial charge >= 0.3 is 12.4 Å². The highest BCUT2D eigenvalue weighted by Crippen LogP contribution is 2.36. The fraction of sp³-hybridized carbons (Fsp3) is 0.273. The number of alkyl halides is 6. The number of rotatable bonds is 1. The molecule has 0 aromatic heterocycles. The molecule has 0 spiro atoms. The maximum Gasteiger partial charge on any atom is 0.416 e. The lowest BCUT2D eigenvalue weighted by molar-refractivity contribution is -0.143. The quantitative estimate of drug-likeness (QED) is 0.634. The third-order valence-electron chi connectivity index (χ3n) is 1.97. The average molecular weight is 254 g/mol. The largest absolute Gasteiger partial charge is 0.416 e. The van der Waals surface area contributed by atoms with Crippen LogP contribution in [0.15, 0.2) is 24.3 Å². The van der Waals surface area contributed by atoms with E-state index >= 15 is 0 Å². The Kier molecular flexibility index (Phi) is 3.54. The van der Waals surface area contributed by atoms with Crippen molar-refractivity contribution in [2.24, 2.45) is 0 Å². The molecule has 0 unspecified atom stereocenters. The smallest absolute Gasteiger partial charge is 0.166 e. The zero-order valence-corrected chi connectivity index (χ0v) is 8.65. The standard InChI is InChI=1S/C11H8F6/c1-2-3-7-4-8(10(12,13)14)6-9(5-7)11(15,16)17/h2-6H,1H3. The van der Waals surface area contributed by atoms with Crippen LogP contribution in [0.5, 0.6) is 0 Å². The van der Waals surface area contributed by atoms with E-state index in [1.165, 1.54) is 19.1 Å². The third-order valence-corrected chi connectivity index (χ3v) is 1.97. The van der Waals surface area contributed by atoms with E-state index in [1.807, 2.05) is 0 Å². The molecule has 0 fully saturated rings. The highest BCUT2D eigenvalue weighted by atomic mass is 19.4. The molecule has 0 radical (unpaired) electrons. The first-order valence-electron chi connectivity index (χ1n) is 4.57. The van der Waals surface area contributed by atoms with Gasteiger partial charge < -0.3 is 0 Å². The summed E-state index contributed by atoms with van der Waals surface area (Å²) in [6.07, 6.45) is -7.03. The Hall–Kier alpha value is -1.46. The molecular formula is C11H8F6. The molecule has 0 atom stereocenters. The molecule has 0 aliphatic carbocycles. The topological polar surface area (TPSA) is 0 Å². The Morgan fingerprint density at radius 3 is 1.53 bits per heavy atom. The molecule has 0 saturated heterocycles. The molecule has 1 aromatic rings. The lowest BCUT2D eigenvalue weighted by Crippen LogP contribution is -2.11. The van der Waals surface area contributed by atoms with Crippen LogP contribution >= 0.6 is 0 Å². The fourth-order valence-electron chi connectivity index (χ4n) is 1.27. The Morgan fingerprint density at radius 2 is 1.24 bits per heavy atom. The van der Waals surface area contributed by atoms with E-state index in [0.29, 0.717) is 12.1 Å². The van der Waals surface area contributed by atoms with Crippen molar-refractivity contribution in [3.8, 4) is 0 Å². The molecule has 1 aromatic carbocycles. The molecular weight excluding hydrogens is 246 g/mol. The number of halogens is 6. The van der Waals surface area contributed by atoms with Crippen LogP contribution in [0.3, 0.4) is 0 Å². The summed E-state index contributed by atoms with van der Waals surface area (Å²) in [7, 11) is 0. The van der Waals surface area contributed by atoms with Gasteiger partial charge in [-0.1, -0.05) is 12.2 Å². The molecule has 1 rings (SSSR count). The second-order valence-electron chi connectivity index (χ2n) is 3.34. The van der Waals surface area contributed by atoms with Crippen LogP contribution in [-0.4, -0.2) is 0 Å². The molecule has 94 valence electrons. The van der Waals surface area contributed by atoms with E-state index in [-0.39, 0.29) is 11.6 Å². The molecule has 0 nitrogen and oxygen atoms in total. The monoisotopic (exact) mass is 254 g/mol. The van der Waals surface area contributed by atoms with Gasteiger partial charge in [-0.25, -0.2) is 0 Å². The zero-order valence-electron chi connectivity index (χ0n) is 8.65. The number of benzene rings is 1. The van der Waals surface area contributed by atoms with Crippen LogP contribution in [0.4, 0.5) is 26.3 Å². The Morgan fingerprint density at radius 1 is 0.824 bits per heavy atom. The van der Waals surface area contributed by atoms with Crippen LogP contribution < -0.4 is 0 Å². The van der Waals surface area contributed by atoms with E-state index in [2.05, 4.69) is 0 Å². The van der Waals surface area contributed by atoms with Gasteiger partial charge in [-0.15, -0.1) is 0 Å². The molecule has 0 aliphatic heterocycles. The average Bonchev–Trinajstić information content (AvgIpc) is 2.15. The van der Waals surface area contributed by atoms with Crippen LogP contribution in [-0.2, 0) is 12.4 Å².